The summed E-state index contributed by atoms with van der Waals surface area (Å²) in [6.07, 6.45) is -0.860. The number of anilines is 1. The molecule has 6 rings (SSSR count). The van der Waals surface area contributed by atoms with Gasteiger partial charge in [0.1, 0.15) is 11.8 Å². The number of fused-ring (bicyclic) bond motifs is 1. The number of sulfonamides is 1. The third-order valence-corrected chi connectivity index (χ3v) is 11.6. The summed E-state index contributed by atoms with van der Waals surface area (Å²) < 4.78 is 69.9. The van der Waals surface area contributed by atoms with E-state index in [9.17, 15) is 32.4 Å². The molecule has 3 aromatic rings. The Hall–Kier alpha value is -3.24. The first-order valence-corrected chi connectivity index (χ1v) is 17.9. The van der Waals surface area contributed by atoms with Crippen molar-refractivity contribution in [3.05, 3.63) is 81.0 Å². The number of nitrogens with zero attached hydrogens (tertiary/aromatic N) is 4. The summed E-state index contributed by atoms with van der Waals surface area (Å²) in [5, 5.41) is 23.9. The maximum absolute atomic E-state index is 14.5. The lowest BCUT2D eigenvalue weighted by Crippen LogP contribution is -2.36. The van der Waals surface area contributed by atoms with Gasteiger partial charge in [0.15, 0.2) is 22.6 Å². The molecule has 0 radical (unpaired) electrons. The molecule has 15 heteroatoms. The Morgan fingerprint density at radius 3 is 2.45 bits per heavy atom. The predicted molar refractivity (Wildman–Crippen MR) is 170 cm³/mol. The van der Waals surface area contributed by atoms with Crippen LogP contribution in [0.3, 0.4) is 0 Å². The van der Waals surface area contributed by atoms with Crippen molar-refractivity contribution in [2.24, 2.45) is 5.92 Å². The highest BCUT2D eigenvalue weighted by Gasteiger charge is 2.55. The minimum Gasteiger partial charge on any atom is -0.390 e. The molecule has 1 aromatic heterocycles. The van der Waals surface area contributed by atoms with Crippen molar-refractivity contribution in [2.45, 2.75) is 99.5 Å². The van der Waals surface area contributed by atoms with Crippen LogP contribution in [0.4, 0.5) is 20.3 Å². The Labute approximate surface area is 275 Å². The fraction of sp³-hybridized carbons (Fsp3) is 0.500. The van der Waals surface area contributed by atoms with Gasteiger partial charge in [-0.3, -0.25) is 10.1 Å². The minimum atomic E-state index is -4.47. The van der Waals surface area contributed by atoms with Gasteiger partial charge in [-0.1, -0.05) is 42.4 Å². The first kappa shape index (κ1) is 33.7. The van der Waals surface area contributed by atoms with Gasteiger partial charge >= 0.3 is 5.69 Å². The summed E-state index contributed by atoms with van der Waals surface area (Å²) >= 11 is 1.24. The van der Waals surface area contributed by atoms with Crippen molar-refractivity contribution in [3.8, 4) is 0 Å². The number of ether oxygens (including phenoxy) is 2. The van der Waals surface area contributed by atoms with Crippen molar-refractivity contribution in [3.63, 3.8) is 0 Å². The molecule has 2 saturated carbocycles. The molecule has 6 atom stereocenters. The summed E-state index contributed by atoms with van der Waals surface area (Å²) in [7, 11) is -4.47. The molecule has 2 aromatic carbocycles. The van der Waals surface area contributed by atoms with E-state index in [0.717, 1.165) is 28.4 Å². The maximum atomic E-state index is 14.5. The molecule has 1 N–H and O–H groups in total. The number of benzene rings is 2. The standard InChI is InChI=1S/C32H36F2N4O7S2/c1-5-12-46-31-35-24(14-19-15-26(39)29-28(19)44-32(3,4)45-29)27(38(40)41)30(36-31)37(47(42,43)20-9-6-17(2)7-10-20)25-16-21(25)18-8-11-22(33)23(34)13-18/h6-11,13,19,21,25-26,28-29,39H,5,12,14-16H2,1-4H3/t19-,21+,25-,26+,28+,29-/m1/s1. The van der Waals surface area contributed by atoms with E-state index in [1.807, 2.05) is 6.92 Å². The second-order valence-corrected chi connectivity index (χ2v) is 15.6. The van der Waals surface area contributed by atoms with Gasteiger partial charge in [0, 0.05) is 18.1 Å². The monoisotopic (exact) mass is 690 g/mol. The van der Waals surface area contributed by atoms with Gasteiger partial charge in [0.2, 0.25) is 5.82 Å². The number of aromatic nitrogens is 2. The van der Waals surface area contributed by atoms with Crippen LogP contribution in [0.25, 0.3) is 0 Å². The number of thioether (sulfide) groups is 1. The molecule has 2 heterocycles. The van der Waals surface area contributed by atoms with E-state index in [-0.39, 0.29) is 35.0 Å². The van der Waals surface area contributed by atoms with E-state index >= 15 is 0 Å². The van der Waals surface area contributed by atoms with Crippen LogP contribution in [-0.4, -0.2) is 64.3 Å². The Morgan fingerprint density at radius 1 is 1.09 bits per heavy atom. The number of aliphatic hydroxyl groups excluding tert-OH is 1. The molecule has 1 saturated heterocycles. The third-order valence-electron chi connectivity index (χ3n) is 8.76. The van der Waals surface area contributed by atoms with E-state index in [1.54, 1.807) is 32.9 Å². The van der Waals surface area contributed by atoms with Crippen LogP contribution in [0.1, 0.15) is 62.8 Å². The zero-order valence-electron chi connectivity index (χ0n) is 26.3. The number of aryl methyl sites for hydroxylation is 1. The molecule has 3 fully saturated rings. The van der Waals surface area contributed by atoms with E-state index < -0.39 is 80.1 Å². The Bertz CT molecular complexity index is 1790. The van der Waals surface area contributed by atoms with E-state index in [4.69, 9.17) is 9.47 Å². The number of aliphatic hydroxyl groups is 1. The van der Waals surface area contributed by atoms with Crippen LogP contribution in [0.15, 0.2) is 52.5 Å². The molecule has 0 unspecified atom stereocenters. The normalized spacial score (nSPS) is 26.3. The lowest BCUT2D eigenvalue weighted by molar-refractivity contribution is -0.385. The van der Waals surface area contributed by atoms with Crippen molar-refractivity contribution in [1.82, 2.24) is 9.97 Å². The first-order valence-electron chi connectivity index (χ1n) is 15.5. The molecular weight excluding hydrogens is 655 g/mol. The van der Waals surface area contributed by atoms with Crippen molar-refractivity contribution < 1.29 is 36.7 Å². The van der Waals surface area contributed by atoms with Crippen LogP contribution >= 0.6 is 11.8 Å². The molecule has 0 bridgehead atoms. The fourth-order valence-electron chi connectivity index (χ4n) is 6.53. The average Bonchev–Trinajstić information content (AvgIpc) is 3.63. The first-order chi connectivity index (χ1) is 22.2. The minimum absolute atomic E-state index is 0.00112. The summed E-state index contributed by atoms with van der Waals surface area (Å²) in [6.45, 7) is 7.21. The smallest absolute Gasteiger partial charge is 0.333 e. The second-order valence-electron chi connectivity index (χ2n) is 12.8. The number of rotatable bonds is 11. The van der Waals surface area contributed by atoms with Crippen molar-refractivity contribution >= 4 is 33.3 Å². The molecule has 252 valence electrons. The third kappa shape index (κ3) is 6.60. The quantitative estimate of drug-likeness (QED) is 0.116. The molecule has 3 aliphatic rings. The molecule has 11 nitrogen and oxygen atoms in total. The zero-order chi connectivity index (χ0) is 33.8. The van der Waals surface area contributed by atoms with Crippen LogP contribution in [0.5, 0.6) is 0 Å². The van der Waals surface area contributed by atoms with Gasteiger partial charge in [-0.2, -0.15) is 4.98 Å². The van der Waals surface area contributed by atoms with E-state index in [0.29, 0.717) is 11.3 Å². The van der Waals surface area contributed by atoms with Crippen LogP contribution in [0.2, 0.25) is 0 Å². The predicted octanol–water partition coefficient (Wildman–Crippen LogP) is 5.67. The van der Waals surface area contributed by atoms with E-state index in [2.05, 4.69) is 9.97 Å². The highest BCUT2D eigenvalue weighted by molar-refractivity contribution is 7.99. The molecule has 47 heavy (non-hydrogen) atoms. The van der Waals surface area contributed by atoms with Crippen molar-refractivity contribution in [2.75, 3.05) is 10.1 Å². The Kier molecular flexibility index (Phi) is 9.06. The van der Waals surface area contributed by atoms with Crippen molar-refractivity contribution in [1.29, 1.82) is 0 Å². The summed E-state index contributed by atoms with van der Waals surface area (Å²) in [4.78, 5) is 21.2. The molecule has 1 aliphatic heterocycles. The molecule has 0 spiro atoms. The molecule has 0 amide bonds. The van der Waals surface area contributed by atoms with Gasteiger partial charge in [0.05, 0.1) is 28.1 Å². The highest BCUT2D eigenvalue weighted by atomic mass is 32.2. The summed E-state index contributed by atoms with van der Waals surface area (Å²) in [6, 6.07) is 8.60. The highest BCUT2D eigenvalue weighted by Crippen LogP contribution is 2.51. The zero-order valence-corrected chi connectivity index (χ0v) is 27.9. The van der Waals surface area contributed by atoms with Gasteiger partial charge in [-0.15, -0.1) is 0 Å². The largest absolute Gasteiger partial charge is 0.390 e. The lowest BCUT2D eigenvalue weighted by Gasteiger charge is -2.26. The summed E-state index contributed by atoms with van der Waals surface area (Å²) in [5.74, 6) is -3.89. The van der Waals surface area contributed by atoms with Gasteiger partial charge in [-0.25, -0.2) is 26.5 Å². The van der Waals surface area contributed by atoms with E-state index in [1.165, 1.54) is 30.0 Å². The number of hydrogen-bond donors (Lipinski definition) is 1. The maximum Gasteiger partial charge on any atom is 0.333 e. The number of halogens is 2. The van der Waals surface area contributed by atoms with Crippen LogP contribution in [-0.2, 0) is 25.9 Å². The lowest BCUT2D eigenvalue weighted by atomic mass is 9.98. The second kappa shape index (κ2) is 12.7. The SMILES string of the molecule is CCCSc1nc(C[C@@H]2C[C@H](O)[C@H]3OC(C)(C)O[C@@H]23)c([N+](=O)[O-])c(N([C@@H]2C[C@H]2c2ccc(F)c(F)c2)S(=O)(=O)c2ccc(C)cc2)n1. The molecular formula is C32H36F2N4O7S2. The van der Waals surface area contributed by atoms with Crippen LogP contribution in [0, 0.1) is 34.6 Å². The fourth-order valence-corrected chi connectivity index (χ4v) is 8.89. The number of nitro groups is 1. The summed E-state index contributed by atoms with van der Waals surface area (Å²) in [5.41, 5.74) is 0.614. The average molecular weight is 691 g/mol. The number of hydrogen-bond acceptors (Lipinski definition) is 10. The van der Waals surface area contributed by atoms with Crippen LogP contribution < -0.4 is 4.31 Å². The van der Waals surface area contributed by atoms with Gasteiger partial charge < -0.3 is 14.6 Å². The van der Waals surface area contributed by atoms with Gasteiger partial charge in [0.25, 0.3) is 10.0 Å². The topological polar surface area (TPSA) is 145 Å². The Balaban J connectivity index is 1.49. The van der Waals surface area contributed by atoms with Gasteiger partial charge in [-0.05, 0) is 75.8 Å². The molecule has 2 aliphatic carbocycles. The Morgan fingerprint density at radius 2 is 1.79 bits per heavy atom.